The summed E-state index contributed by atoms with van der Waals surface area (Å²) >= 11 is 0. The molecule has 1 atom stereocenters. The summed E-state index contributed by atoms with van der Waals surface area (Å²) in [5, 5.41) is 15.1. The maximum atomic E-state index is 11.1. The topological polar surface area (TPSA) is 37.2 Å². The Hall–Kier alpha value is 2.25. The molecule has 0 aromatic heterocycles. The van der Waals surface area contributed by atoms with Gasteiger partial charge in [-0.1, -0.05) is 29.8 Å². The van der Waals surface area contributed by atoms with E-state index in [0.717, 1.165) is 11.3 Å². The van der Waals surface area contributed by atoms with Crippen LogP contribution in [0.15, 0.2) is 24.3 Å². The van der Waals surface area contributed by atoms with Crippen molar-refractivity contribution in [1.29, 1.82) is 0 Å². The zero-order valence-electron chi connectivity index (χ0n) is 7.45. The number of nitrogens with zero attached hydrogens (tertiary/aromatic N) is 1. The van der Waals surface area contributed by atoms with Crippen molar-refractivity contribution in [2.45, 2.75) is 6.10 Å². The Kier molecular flexibility index (Phi) is 7.94. The van der Waals surface area contributed by atoms with Crippen LogP contribution in [0.5, 0.6) is 0 Å². The Morgan fingerprint density at radius 2 is 1.92 bits per heavy atom. The van der Waals surface area contributed by atoms with Gasteiger partial charge in [0.25, 0.3) is 0 Å². The molecule has 0 radical (unpaired) electrons. The summed E-state index contributed by atoms with van der Waals surface area (Å²) in [7, 11) is 0. The summed E-state index contributed by atoms with van der Waals surface area (Å²) in [5.41, 5.74) is 1.73. The molecule has 0 saturated carbocycles. The third-order valence-corrected chi connectivity index (χ3v) is 1.71. The van der Waals surface area contributed by atoms with Crippen molar-refractivity contribution < 1.29 is 108 Å². The predicted molar refractivity (Wildman–Crippen MR) is 37.1 cm³/mol. The van der Waals surface area contributed by atoms with E-state index in [2.05, 4.69) is 5.32 Å². The van der Waals surface area contributed by atoms with Gasteiger partial charge in [-0.2, -0.15) is 0 Å². The minimum Gasteiger partial charge on any atom is -0.850 e. The van der Waals surface area contributed by atoms with Crippen molar-refractivity contribution in [3.05, 3.63) is 35.1 Å². The smallest absolute Gasteiger partial charge is 0.850 e. The van der Waals surface area contributed by atoms with Gasteiger partial charge in [0.2, 0.25) is 0 Å². The maximum absolute atomic E-state index is 11.1. The largest absolute Gasteiger partial charge is 1.00 e. The second-order valence-corrected chi connectivity index (χ2v) is 2.39. The van der Waals surface area contributed by atoms with Gasteiger partial charge in [0.15, 0.2) is 0 Å². The third kappa shape index (κ3) is 3.13. The number of para-hydroxylation sites is 1. The van der Waals surface area contributed by atoms with E-state index in [4.69, 9.17) is 0 Å². The van der Waals surface area contributed by atoms with Crippen LogP contribution in [0.2, 0.25) is 0 Å². The van der Waals surface area contributed by atoms with Gasteiger partial charge in [0.05, 0.1) is 0 Å². The van der Waals surface area contributed by atoms with Crippen LogP contribution in [0.25, 0.3) is 5.32 Å². The standard InChI is InChI=1S/C8H7NO.2K/c10-8-5-9-7-4-2-1-3-6(7)8;;/h1-4,8H,5H2;;/q-2;2*+1. The number of benzene rings is 1. The first-order valence-corrected chi connectivity index (χ1v) is 3.30. The van der Waals surface area contributed by atoms with Gasteiger partial charge in [-0.3, -0.25) is 0 Å². The van der Waals surface area contributed by atoms with Gasteiger partial charge in [0, 0.05) is 0 Å². The van der Waals surface area contributed by atoms with Gasteiger partial charge < -0.3 is 10.4 Å². The fourth-order valence-corrected chi connectivity index (χ4v) is 1.18. The van der Waals surface area contributed by atoms with Crippen molar-refractivity contribution in [3.8, 4) is 0 Å². The zero-order chi connectivity index (χ0) is 6.97. The quantitative estimate of drug-likeness (QED) is 0.397. The first kappa shape index (κ1) is 14.3. The summed E-state index contributed by atoms with van der Waals surface area (Å²) in [6.07, 6.45) is -0.615. The Bertz CT molecular complexity index is 255. The molecule has 1 aromatic rings. The second kappa shape index (κ2) is 6.68. The summed E-state index contributed by atoms with van der Waals surface area (Å²) < 4.78 is 0. The fourth-order valence-electron chi connectivity index (χ4n) is 1.18. The molecule has 0 amide bonds. The van der Waals surface area contributed by atoms with E-state index in [0.29, 0.717) is 6.54 Å². The predicted octanol–water partition coefficient (Wildman–Crippen LogP) is -4.89. The molecule has 1 aliphatic heterocycles. The van der Waals surface area contributed by atoms with Crippen molar-refractivity contribution in [1.82, 2.24) is 0 Å². The van der Waals surface area contributed by atoms with E-state index < -0.39 is 6.10 Å². The minimum absolute atomic E-state index is 0. The molecule has 0 aliphatic carbocycles. The molecule has 2 nitrogen and oxygen atoms in total. The van der Waals surface area contributed by atoms with E-state index in [1.807, 2.05) is 24.3 Å². The van der Waals surface area contributed by atoms with Gasteiger partial charge >= 0.3 is 103 Å². The monoisotopic (exact) mass is 211 g/mol. The number of rotatable bonds is 0. The van der Waals surface area contributed by atoms with Crippen molar-refractivity contribution in [3.63, 3.8) is 0 Å². The molecule has 0 N–H and O–H groups in total. The normalized spacial score (nSPS) is 18.2. The first-order chi connectivity index (χ1) is 4.88. The van der Waals surface area contributed by atoms with Crippen molar-refractivity contribution in [2.24, 2.45) is 0 Å². The number of hydrogen-bond acceptors (Lipinski definition) is 1. The van der Waals surface area contributed by atoms with E-state index in [1.165, 1.54) is 0 Å². The van der Waals surface area contributed by atoms with Crippen LogP contribution in [0.4, 0.5) is 5.69 Å². The molecule has 0 fully saturated rings. The summed E-state index contributed by atoms with van der Waals surface area (Å²) in [6, 6.07) is 7.52. The van der Waals surface area contributed by atoms with Crippen LogP contribution < -0.4 is 108 Å². The Balaban J connectivity index is 0.000000605. The summed E-state index contributed by atoms with van der Waals surface area (Å²) in [4.78, 5) is 0. The minimum atomic E-state index is -0.615. The van der Waals surface area contributed by atoms with Crippen LogP contribution in [0.1, 0.15) is 11.7 Å². The third-order valence-electron chi connectivity index (χ3n) is 1.71. The molecule has 52 valence electrons. The first-order valence-electron chi connectivity index (χ1n) is 3.30. The maximum Gasteiger partial charge on any atom is 1.00 e. The fraction of sp³-hybridized carbons (Fsp3) is 0.250. The van der Waals surface area contributed by atoms with Crippen LogP contribution in [-0.4, -0.2) is 6.54 Å². The molecule has 1 aliphatic rings. The van der Waals surface area contributed by atoms with Gasteiger partial charge in [0.1, 0.15) is 0 Å². The second-order valence-electron chi connectivity index (χ2n) is 2.39. The van der Waals surface area contributed by atoms with Gasteiger partial charge in [-0.05, 0) is 0 Å². The molecule has 1 aromatic carbocycles. The molecule has 2 rings (SSSR count). The van der Waals surface area contributed by atoms with Gasteiger partial charge in [-0.25, -0.2) is 0 Å². The molecular weight excluding hydrogens is 204 g/mol. The summed E-state index contributed by atoms with van der Waals surface area (Å²) in [6.45, 7) is 0.416. The van der Waals surface area contributed by atoms with E-state index >= 15 is 0 Å². The molecule has 12 heavy (non-hydrogen) atoms. The van der Waals surface area contributed by atoms with E-state index in [1.54, 1.807) is 0 Å². The molecule has 0 bridgehead atoms. The SMILES string of the molecule is [K+].[K+].[O-]C1C[N-]c2ccccc21. The van der Waals surface area contributed by atoms with Crippen LogP contribution in [0, 0.1) is 0 Å². The van der Waals surface area contributed by atoms with Crippen molar-refractivity contribution in [2.75, 3.05) is 6.54 Å². The Morgan fingerprint density at radius 1 is 1.25 bits per heavy atom. The molecule has 4 heteroatoms. The average Bonchev–Trinajstić information content (AvgIpc) is 2.34. The van der Waals surface area contributed by atoms with Crippen LogP contribution in [-0.2, 0) is 0 Å². The molecule has 0 saturated heterocycles. The van der Waals surface area contributed by atoms with E-state index in [-0.39, 0.29) is 103 Å². The van der Waals surface area contributed by atoms with Gasteiger partial charge in [-0.15, -0.1) is 18.3 Å². The molecular formula is C8H7K2NO. The Morgan fingerprint density at radius 3 is 2.58 bits per heavy atom. The zero-order valence-corrected chi connectivity index (χ0v) is 13.7. The number of fused-ring (bicyclic) bond motifs is 1. The molecule has 1 heterocycles. The molecule has 0 spiro atoms. The van der Waals surface area contributed by atoms with Crippen molar-refractivity contribution >= 4 is 5.69 Å². The summed E-state index contributed by atoms with van der Waals surface area (Å²) in [5.74, 6) is 0. The van der Waals surface area contributed by atoms with E-state index in [9.17, 15) is 5.11 Å². The molecule has 1 unspecified atom stereocenters. The average molecular weight is 211 g/mol. The van der Waals surface area contributed by atoms with Crippen LogP contribution >= 0.6 is 0 Å². The Labute approximate surface area is 157 Å². The van der Waals surface area contributed by atoms with Crippen LogP contribution in [0.3, 0.4) is 0 Å². The number of hydrogen-bond donors (Lipinski definition) is 0.